The molecular weight excluding hydrogens is 582 g/mol. The van der Waals surface area contributed by atoms with Crippen molar-refractivity contribution in [3.05, 3.63) is 130 Å². The van der Waals surface area contributed by atoms with Crippen molar-refractivity contribution in [2.24, 2.45) is 0 Å². The van der Waals surface area contributed by atoms with Gasteiger partial charge in [0.05, 0.1) is 10.6 Å². The largest absolute Gasteiger partial charge is 0.355 e. The molecule has 0 aromatic heterocycles. The molecule has 224 valence electrons. The number of halogens is 1. The Kier molecular flexibility index (Phi) is 10.6. The van der Waals surface area contributed by atoms with Crippen molar-refractivity contribution in [1.82, 2.24) is 10.2 Å². The van der Waals surface area contributed by atoms with Crippen molar-refractivity contribution in [1.29, 1.82) is 0 Å². The standard InChI is InChI=1S/C34H36ClN3O4S/c1-4-36-34(40)32(22-27-13-6-5-7-14-27)37(23-28-15-10-11-25(2)21-28)33(39)24-38(31-16-9-8-12-26(31)3)43(41,42)30-19-17-29(35)18-20-30/h5-21,32H,4,22-24H2,1-3H3,(H,36,40)/t32-/m0/s1. The Morgan fingerprint density at radius 3 is 2.14 bits per heavy atom. The Morgan fingerprint density at radius 1 is 0.837 bits per heavy atom. The van der Waals surface area contributed by atoms with E-state index in [0.29, 0.717) is 22.8 Å². The quantitative estimate of drug-likeness (QED) is 0.214. The van der Waals surface area contributed by atoms with Crippen LogP contribution >= 0.6 is 11.6 Å². The van der Waals surface area contributed by atoms with Crippen LogP contribution in [0.4, 0.5) is 5.69 Å². The van der Waals surface area contributed by atoms with Gasteiger partial charge in [-0.25, -0.2) is 8.42 Å². The summed E-state index contributed by atoms with van der Waals surface area (Å²) in [6.45, 7) is 5.57. The minimum Gasteiger partial charge on any atom is -0.355 e. The lowest BCUT2D eigenvalue weighted by atomic mass is 10.0. The monoisotopic (exact) mass is 617 g/mol. The maximum absolute atomic E-state index is 14.4. The number of carbonyl (C=O) groups is 2. The van der Waals surface area contributed by atoms with E-state index in [2.05, 4.69) is 5.32 Å². The summed E-state index contributed by atoms with van der Waals surface area (Å²) in [5.41, 5.74) is 3.78. The molecule has 0 spiro atoms. The molecule has 0 aliphatic carbocycles. The number of hydrogen-bond acceptors (Lipinski definition) is 4. The third-order valence-corrected chi connectivity index (χ3v) is 9.15. The van der Waals surface area contributed by atoms with Crippen molar-refractivity contribution in [2.75, 3.05) is 17.4 Å². The number of anilines is 1. The molecule has 0 saturated carbocycles. The highest BCUT2D eigenvalue weighted by Crippen LogP contribution is 2.28. The summed E-state index contributed by atoms with van der Waals surface area (Å²) < 4.78 is 29.3. The van der Waals surface area contributed by atoms with Crippen LogP contribution in [0.25, 0.3) is 0 Å². The first kappa shape index (κ1) is 31.8. The number of nitrogens with zero attached hydrogens (tertiary/aromatic N) is 2. The highest BCUT2D eigenvalue weighted by atomic mass is 35.5. The number of nitrogens with one attached hydrogen (secondary N) is 1. The summed E-state index contributed by atoms with van der Waals surface area (Å²) in [4.78, 5) is 29.5. The van der Waals surface area contributed by atoms with Gasteiger partial charge < -0.3 is 10.2 Å². The smallest absolute Gasteiger partial charge is 0.264 e. The van der Waals surface area contributed by atoms with Crippen molar-refractivity contribution in [3.63, 3.8) is 0 Å². The average molecular weight is 618 g/mol. The Morgan fingerprint density at radius 2 is 1.49 bits per heavy atom. The van der Waals surface area contributed by atoms with E-state index in [4.69, 9.17) is 11.6 Å². The number of sulfonamides is 1. The Bertz CT molecular complexity index is 1660. The van der Waals surface area contributed by atoms with E-state index in [1.807, 2.05) is 74.5 Å². The van der Waals surface area contributed by atoms with Gasteiger partial charge in [0.2, 0.25) is 11.8 Å². The number of likely N-dealkylation sites (N-methyl/N-ethyl adjacent to an activating group) is 1. The second-order valence-electron chi connectivity index (χ2n) is 10.4. The molecule has 0 bridgehead atoms. The summed E-state index contributed by atoms with van der Waals surface area (Å²) in [6, 6.07) is 29.2. The maximum atomic E-state index is 14.4. The zero-order valence-electron chi connectivity index (χ0n) is 24.5. The highest BCUT2D eigenvalue weighted by molar-refractivity contribution is 7.92. The van der Waals surface area contributed by atoms with Gasteiger partial charge >= 0.3 is 0 Å². The van der Waals surface area contributed by atoms with Crippen LogP contribution in [0.1, 0.15) is 29.2 Å². The van der Waals surface area contributed by atoms with Crippen LogP contribution in [0.15, 0.2) is 108 Å². The van der Waals surface area contributed by atoms with E-state index in [9.17, 15) is 18.0 Å². The molecule has 4 aromatic rings. The van der Waals surface area contributed by atoms with Crippen LogP contribution in [0.5, 0.6) is 0 Å². The number of aryl methyl sites for hydroxylation is 2. The second-order valence-corrected chi connectivity index (χ2v) is 12.7. The van der Waals surface area contributed by atoms with Crippen molar-refractivity contribution in [3.8, 4) is 0 Å². The van der Waals surface area contributed by atoms with Gasteiger partial charge in [-0.2, -0.15) is 0 Å². The number of benzene rings is 4. The highest BCUT2D eigenvalue weighted by Gasteiger charge is 2.34. The number of carbonyl (C=O) groups excluding carboxylic acids is 2. The fourth-order valence-corrected chi connectivity index (χ4v) is 6.55. The molecular formula is C34H36ClN3O4S. The van der Waals surface area contributed by atoms with Gasteiger partial charge in [0.1, 0.15) is 12.6 Å². The van der Waals surface area contributed by atoms with Crippen LogP contribution in [0, 0.1) is 13.8 Å². The van der Waals surface area contributed by atoms with Crippen LogP contribution in [-0.4, -0.2) is 44.3 Å². The Balaban J connectivity index is 1.80. The van der Waals surface area contributed by atoms with Crippen LogP contribution in [0.2, 0.25) is 5.02 Å². The molecule has 1 N–H and O–H groups in total. The molecule has 0 radical (unpaired) electrons. The first-order chi connectivity index (χ1) is 20.6. The third-order valence-electron chi connectivity index (χ3n) is 7.12. The van der Waals surface area contributed by atoms with E-state index in [-0.39, 0.29) is 23.8 Å². The lowest BCUT2D eigenvalue weighted by Gasteiger charge is -2.34. The minimum atomic E-state index is -4.19. The normalized spacial score (nSPS) is 11.9. The van der Waals surface area contributed by atoms with Gasteiger partial charge in [-0.05, 0) is 67.8 Å². The van der Waals surface area contributed by atoms with E-state index in [0.717, 1.165) is 21.0 Å². The van der Waals surface area contributed by atoms with Gasteiger partial charge in [-0.3, -0.25) is 13.9 Å². The molecule has 0 heterocycles. The minimum absolute atomic E-state index is 0.00255. The summed E-state index contributed by atoms with van der Waals surface area (Å²) in [7, 11) is -4.19. The SMILES string of the molecule is CCNC(=O)[C@H](Cc1ccccc1)N(Cc1cccc(C)c1)C(=O)CN(c1ccccc1C)S(=O)(=O)c1ccc(Cl)cc1. The summed E-state index contributed by atoms with van der Waals surface area (Å²) in [6.07, 6.45) is 0.262. The molecule has 7 nitrogen and oxygen atoms in total. The van der Waals surface area contributed by atoms with Gasteiger partial charge in [0, 0.05) is 24.5 Å². The average Bonchev–Trinajstić information content (AvgIpc) is 2.99. The predicted octanol–water partition coefficient (Wildman–Crippen LogP) is 5.93. The summed E-state index contributed by atoms with van der Waals surface area (Å²) in [5, 5.41) is 3.27. The molecule has 0 aliphatic heterocycles. The van der Waals surface area contributed by atoms with Gasteiger partial charge in [-0.15, -0.1) is 0 Å². The predicted molar refractivity (Wildman–Crippen MR) is 172 cm³/mol. The van der Waals surface area contributed by atoms with Gasteiger partial charge in [-0.1, -0.05) is 90.0 Å². The fraction of sp³-hybridized carbons (Fsp3) is 0.235. The molecule has 1 atom stereocenters. The number of amides is 2. The lowest BCUT2D eigenvalue weighted by molar-refractivity contribution is -0.140. The number of para-hydroxylation sites is 1. The van der Waals surface area contributed by atoms with Crippen molar-refractivity contribution < 1.29 is 18.0 Å². The molecule has 4 rings (SSSR count). The maximum Gasteiger partial charge on any atom is 0.264 e. The fourth-order valence-electron chi connectivity index (χ4n) is 4.94. The molecule has 0 unspecified atom stereocenters. The van der Waals surface area contributed by atoms with Crippen LogP contribution in [-0.2, 0) is 32.6 Å². The summed E-state index contributed by atoms with van der Waals surface area (Å²) in [5.74, 6) is -0.815. The molecule has 9 heteroatoms. The third kappa shape index (κ3) is 8.03. The molecule has 4 aromatic carbocycles. The van der Waals surface area contributed by atoms with Gasteiger partial charge in [0.15, 0.2) is 0 Å². The lowest BCUT2D eigenvalue weighted by Crippen LogP contribution is -2.53. The topological polar surface area (TPSA) is 86.8 Å². The molecule has 43 heavy (non-hydrogen) atoms. The van der Waals surface area contributed by atoms with E-state index < -0.39 is 28.5 Å². The van der Waals surface area contributed by atoms with E-state index in [1.54, 1.807) is 25.1 Å². The first-order valence-electron chi connectivity index (χ1n) is 14.1. The van der Waals surface area contributed by atoms with E-state index >= 15 is 0 Å². The van der Waals surface area contributed by atoms with E-state index in [1.165, 1.54) is 29.2 Å². The molecule has 0 fully saturated rings. The zero-order valence-corrected chi connectivity index (χ0v) is 26.1. The molecule has 2 amide bonds. The van der Waals surface area contributed by atoms with Crippen molar-refractivity contribution in [2.45, 2.75) is 44.7 Å². The Hall–Kier alpha value is -4.14. The van der Waals surface area contributed by atoms with Crippen LogP contribution in [0.3, 0.4) is 0 Å². The van der Waals surface area contributed by atoms with Crippen LogP contribution < -0.4 is 9.62 Å². The second kappa shape index (κ2) is 14.4. The van der Waals surface area contributed by atoms with Crippen molar-refractivity contribution >= 4 is 39.1 Å². The van der Waals surface area contributed by atoms with Gasteiger partial charge in [0.25, 0.3) is 10.0 Å². The first-order valence-corrected chi connectivity index (χ1v) is 15.9. The zero-order chi connectivity index (χ0) is 31.0. The Labute approximate surface area is 259 Å². The molecule has 0 aliphatic rings. The number of rotatable bonds is 12. The number of hydrogen-bond donors (Lipinski definition) is 1. The molecule has 0 saturated heterocycles. The summed E-state index contributed by atoms with van der Waals surface area (Å²) >= 11 is 6.05.